The summed E-state index contributed by atoms with van der Waals surface area (Å²) in [6, 6.07) is 6.97. The third-order valence-corrected chi connectivity index (χ3v) is 3.74. The van der Waals surface area contributed by atoms with Crippen molar-refractivity contribution in [2.45, 2.75) is 26.4 Å². The molecule has 0 unspecified atom stereocenters. The summed E-state index contributed by atoms with van der Waals surface area (Å²) in [4.78, 5) is 28.5. The lowest BCUT2D eigenvalue weighted by molar-refractivity contribution is 0.00697. The molecule has 1 aromatic heterocycles. The maximum atomic E-state index is 12.6. The fourth-order valence-electron chi connectivity index (χ4n) is 2.40. The molecule has 6 heteroatoms. The van der Waals surface area contributed by atoms with Gasteiger partial charge < -0.3 is 14.5 Å². The van der Waals surface area contributed by atoms with Gasteiger partial charge in [0.25, 0.3) is 0 Å². The molecule has 0 atom stereocenters. The van der Waals surface area contributed by atoms with Crippen molar-refractivity contribution < 1.29 is 14.3 Å². The van der Waals surface area contributed by atoms with E-state index in [9.17, 15) is 9.59 Å². The summed E-state index contributed by atoms with van der Waals surface area (Å²) in [5.74, 6) is -0.364. The lowest BCUT2D eigenvalue weighted by atomic mass is 10.1. The Bertz CT molecular complexity index is 772. The summed E-state index contributed by atoms with van der Waals surface area (Å²) in [7, 11) is 5.73. The predicted molar refractivity (Wildman–Crippen MR) is 99.1 cm³/mol. The molecule has 0 aliphatic carbocycles. The molecule has 0 saturated heterocycles. The Balaban J connectivity index is 2.22. The molecule has 1 aromatic carbocycles. The van der Waals surface area contributed by atoms with Gasteiger partial charge in [0.1, 0.15) is 5.60 Å². The molecule has 6 nitrogen and oxygen atoms in total. The summed E-state index contributed by atoms with van der Waals surface area (Å²) < 4.78 is 7.00. The molecule has 0 bridgehead atoms. The van der Waals surface area contributed by atoms with Gasteiger partial charge in [-0.15, -0.1) is 0 Å². The Morgan fingerprint density at radius 3 is 2.36 bits per heavy atom. The van der Waals surface area contributed by atoms with E-state index in [0.29, 0.717) is 12.1 Å². The molecular weight excluding hydrogens is 318 g/mol. The molecule has 136 valence electrons. The van der Waals surface area contributed by atoms with Crippen LogP contribution in [0, 0.1) is 0 Å². The van der Waals surface area contributed by atoms with Gasteiger partial charge in [0.15, 0.2) is 0 Å². The van der Waals surface area contributed by atoms with Crippen LogP contribution in [0.25, 0.3) is 10.9 Å². The number of benzene rings is 1. The fraction of sp³-hybridized carbons (Fsp3) is 0.474. The maximum absolute atomic E-state index is 12.6. The minimum atomic E-state index is -0.539. The smallest absolute Gasteiger partial charge is 0.338 e. The van der Waals surface area contributed by atoms with Crippen LogP contribution in [-0.4, -0.2) is 66.2 Å². The van der Waals surface area contributed by atoms with Gasteiger partial charge in [-0.3, -0.25) is 4.57 Å². The van der Waals surface area contributed by atoms with E-state index in [0.717, 1.165) is 17.4 Å². The molecule has 0 N–H and O–H groups in total. The first-order valence-electron chi connectivity index (χ1n) is 8.33. The normalized spacial score (nSPS) is 11.8. The molecule has 2 aromatic rings. The number of hydrogen-bond donors (Lipinski definition) is 0. The SMILES string of the molecule is CN(C)CCN(C)C(=O)n1ccc2cc(C(=O)OC(C)(C)C)ccc21. The molecule has 1 amide bonds. The van der Waals surface area contributed by atoms with Gasteiger partial charge >= 0.3 is 12.0 Å². The highest BCUT2D eigenvalue weighted by atomic mass is 16.6. The number of aromatic nitrogens is 1. The summed E-state index contributed by atoms with van der Waals surface area (Å²) in [5, 5.41) is 0.831. The summed E-state index contributed by atoms with van der Waals surface area (Å²) in [6.07, 6.45) is 1.73. The van der Waals surface area contributed by atoms with Crippen LogP contribution in [0.15, 0.2) is 30.5 Å². The molecule has 0 aliphatic rings. The second kappa shape index (κ2) is 7.27. The van der Waals surface area contributed by atoms with Crippen molar-refractivity contribution in [1.29, 1.82) is 0 Å². The molecule has 0 radical (unpaired) electrons. The van der Waals surface area contributed by atoms with Gasteiger partial charge in [-0.25, -0.2) is 9.59 Å². The van der Waals surface area contributed by atoms with E-state index in [-0.39, 0.29) is 12.0 Å². The number of esters is 1. The summed E-state index contributed by atoms with van der Waals surface area (Å²) >= 11 is 0. The number of likely N-dealkylation sites (N-methyl/N-ethyl adjacent to an activating group) is 2. The maximum Gasteiger partial charge on any atom is 0.338 e. The van der Waals surface area contributed by atoms with E-state index in [1.54, 1.807) is 40.9 Å². The van der Waals surface area contributed by atoms with Gasteiger partial charge in [-0.2, -0.15) is 0 Å². The zero-order chi connectivity index (χ0) is 18.8. The highest BCUT2D eigenvalue weighted by molar-refractivity contribution is 5.97. The zero-order valence-electron chi connectivity index (χ0n) is 15.9. The average molecular weight is 345 g/mol. The minimum Gasteiger partial charge on any atom is -0.456 e. The van der Waals surface area contributed by atoms with Crippen molar-refractivity contribution in [3.05, 3.63) is 36.0 Å². The number of rotatable bonds is 4. The molecule has 2 rings (SSSR count). The van der Waals surface area contributed by atoms with Crippen LogP contribution in [0.4, 0.5) is 4.79 Å². The van der Waals surface area contributed by atoms with Crippen molar-refractivity contribution in [3.63, 3.8) is 0 Å². The number of ether oxygens (including phenoxy) is 1. The Morgan fingerprint density at radius 1 is 1.08 bits per heavy atom. The van der Waals surface area contributed by atoms with E-state index in [4.69, 9.17) is 4.74 Å². The number of nitrogens with zero attached hydrogens (tertiary/aromatic N) is 3. The van der Waals surface area contributed by atoms with E-state index in [2.05, 4.69) is 0 Å². The molecule has 1 heterocycles. The Hall–Kier alpha value is -2.34. The van der Waals surface area contributed by atoms with Gasteiger partial charge in [0, 0.05) is 31.7 Å². The van der Waals surface area contributed by atoms with Crippen molar-refractivity contribution >= 4 is 22.9 Å². The van der Waals surface area contributed by atoms with E-state index in [1.807, 2.05) is 45.8 Å². The molecule has 0 saturated carbocycles. The number of carbonyl (C=O) groups excluding carboxylic acids is 2. The van der Waals surface area contributed by atoms with Crippen molar-refractivity contribution in [1.82, 2.24) is 14.4 Å². The molecule has 25 heavy (non-hydrogen) atoms. The van der Waals surface area contributed by atoms with E-state index in [1.165, 1.54) is 0 Å². The fourth-order valence-corrected chi connectivity index (χ4v) is 2.40. The number of fused-ring (bicyclic) bond motifs is 1. The van der Waals surface area contributed by atoms with Crippen LogP contribution < -0.4 is 0 Å². The third-order valence-electron chi connectivity index (χ3n) is 3.74. The minimum absolute atomic E-state index is 0.0955. The number of carbonyl (C=O) groups is 2. The van der Waals surface area contributed by atoms with Crippen LogP contribution in [0.1, 0.15) is 31.1 Å². The lowest BCUT2D eigenvalue weighted by Crippen LogP contribution is -2.35. The third kappa shape index (κ3) is 4.82. The van der Waals surface area contributed by atoms with E-state index >= 15 is 0 Å². The lowest BCUT2D eigenvalue weighted by Gasteiger charge is -2.20. The molecule has 0 aliphatic heterocycles. The number of hydrogen-bond acceptors (Lipinski definition) is 4. The van der Waals surface area contributed by atoms with E-state index < -0.39 is 5.60 Å². The van der Waals surface area contributed by atoms with Crippen molar-refractivity contribution in [2.75, 3.05) is 34.2 Å². The Labute approximate surface area is 149 Å². The summed E-state index contributed by atoms with van der Waals surface area (Å²) in [6.45, 7) is 6.94. The Morgan fingerprint density at radius 2 is 1.76 bits per heavy atom. The second-order valence-corrected chi connectivity index (χ2v) is 7.47. The highest BCUT2D eigenvalue weighted by Crippen LogP contribution is 2.20. The highest BCUT2D eigenvalue weighted by Gasteiger charge is 2.19. The van der Waals surface area contributed by atoms with Crippen LogP contribution in [0.5, 0.6) is 0 Å². The first-order chi connectivity index (χ1) is 11.6. The first kappa shape index (κ1) is 19.0. The average Bonchev–Trinajstić information content (AvgIpc) is 2.93. The van der Waals surface area contributed by atoms with Gasteiger partial charge in [0.2, 0.25) is 0 Å². The van der Waals surface area contributed by atoms with Crippen molar-refractivity contribution in [2.24, 2.45) is 0 Å². The molecular formula is C19H27N3O3. The van der Waals surface area contributed by atoms with Crippen LogP contribution >= 0.6 is 0 Å². The predicted octanol–water partition coefficient (Wildman–Crippen LogP) is 3.06. The van der Waals surface area contributed by atoms with Crippen LogP contribution in [0.2, 0.25) is 0 Å². The molecule has 0 spiro atoms. The monoisotopic (exact) mass is 345 g/mol. The first-order valence-corrected chi connectivity index (χ1v) is 8.33. The largest absolute Gasteiger partial charge is 0.456 e. The van der Waals surface area contributed by atoms with Crippen LogP contribution in [0.3, 0.4) is 0 Å². The van der Waals surface area contributed by atoms with Gasteiger partial charge in [0.05, 0.1) is 11.1 Å². The van der Waals surface area contributed by atoms with Gasteiger partial charge in [-0.05, 0) is 59.1 Å². The van der Waals surface area contributed by atoms with Crippen molar-refractivity contribution in [3.8, 4) is 0 Å². The summed E-state index contributed by atoms with van der Waals surface area (Å²) in [5.41, 5.74) is 0.714. The quantitative estimate of drug-likeness (QED) is 0.799. The molecule has 0 fully saturated rings. The van der Waals surface area contributed by atoms with Crippen LogP contribution in [-0.2, 0) is 4.74 Å². The van der Waals surface area contributed by atoms with Gasteiger partial charge in [-0.1, -0.05) is 0 Å². The number of amides is 1. The topological polar surface area (TPSA) is 54.8 Å². The standard InChI is InChI=1S/C19H27N3O3/c1-19(2,3)25-17(23)15-7-8-16-14(13-15)9-10-22(16)18(24)21(6)12-11-20(4)5/h7-10,13H,11-12H2,1-6H3. The zero-order valence-corrected chi connectivity index (χ0v) is 15.9. The second-order valence-electron chi connectivity index (χ2n) is 7.47. The Kier molecular flexibility index (Phi) is 5.52.